The molecule has 0 aliphatic carbocycles. The Kier molecular flexibility index (Phi) is 2.98. The molecule has 0 atom stereocenters. The van der Waals surface area contributed by atoms with Crippen molar-refractivity contribution >= 4 is 10.2 Å². The molecule has 0 radical (unpaired) electrons. The minimum Gasteiger partial charge on any atom is -0.499 e. The summed E-state index contributed by atoms with van der Waals surface area (Å²) < 4.78 is 5.45. The van der Waals surface area contributed by atoms with Gasteiger partial charge in [0.2, 0.25) is 0 Å². The van der Waals surface area contributed by atoms with Crippen LogP contribution in [0.1, 0.15) is 27.2 Å². The molecule has 0 fully saturated rings. The van der Waals surface area contributed by atoms with Gasteiger partial charge in [-0.2, -0.15) is 0 Å². The first-order valence-electron chi connectivity index (χ1n) is 3.32. The highest BCUT2D eigenvalue weighted by Gasteiger charge is 2.14. The summed E-state index contributed by atoms with van der Waals surface area (Å²) in [6.07, 6.45) is 1.04. The van der Waals surface area contributed by atoms with Gasteiger partial charge in [0.1, 0.15) is 5.60 Å². The normalized spacial score (nSPS) is 11.4. The summed E-state index contributed by atoms with van der Waals surface area (Å²) in [5.41, 5.74) is -0.00116. The molecule has 0 saturated carbocycles. The zero-order chi connectivity index (χ0) is 7.49. The predicted octanol–water partition coefficient (Wildman–Crippen LogP) is 1.03. The average Bonchev–Trinajstić information content (AvgIpc) is 1.63. The largest absolute Gasteiger partial charge is 0.499 e. The lowest BCUT2D eigenvalue weighted by atomic mass is 10.1. The van der Waals surface area contributed by atoms with Crippen LogP contribution in [0.3, 0.4) is 0 Å². The molecule has 0 spiro atoms. The van der Waals surface area contributed by atoms with E-state index in [1.54, 1.807) is 0 Å². The van der Waals surface area contributed by atoms with Crippen molar-refractivity contribution in [1.29, 1.82) is 0 Å². The Morgan fingerprint density at radius 3 is 2.22 bits per heavy atom. The van der Waals surface area contributed by atoms with Crippen molar-refractivity contribution in [3.63, 3.8) is 0 Å². The molecule has 0 amide bonds. The summed E-state index contributed by atoms with van der Waals surface area (Å²) in [7, 11) is 0.938. The predicted molar refractivity (Wildman–Crippen MR) is 44.5 cm³/mol. The van der Waals surface area contributed by atoms with E-state index < -0.39 is 0 Å². The Bertz CT molecular complexity index is 107. The molecule has 2 heteroatoms. The molecule has 0 aromatic heterocycles. The summed E-state index contributed by atoms with van der Waals surface area (Å²) in [6, 6.07) is 0. The van der Waals surface area contributed by atoms with Crippen molar-refractivity contribution in [3.05, 3.63) is 12.0 Å². The van der Waals surface area contributed by atoms with Crippen LogP contribution in [0.2, 0.25) is 0 Å². The highest BCUT2D eigenvalue weighted by molar-refractivity contribution is 6.19. The second-order valence-corrected chi connectivity index (χ2v) is 4.03. The Hall–Kier alpha value is -0.243. The molecule has 0 unspecified atom stereocenters. The molecule has 9 heavy (non-hydrogen) atoms. The maximum Gasteiger partial charge on any atom is 0.102 e. The second-order valence-electron chi connectivity index (χ2n) is 2.92. The SMILES string of the molecule is C=C([SiH3])OC(C)(C)CC. The molecular weight excluding hydrogens is 128 g/mol. The van der Waals surface area contributed by atoms with Gasteiger partial charge in [0, 0.05) is 0 Å². The fourth-order valence-electron chi connectivity index (χ4n) is 0.544. The summed E-state index contributed by atoms with van der Waals surface area (Å²) in [6.45, 7) is 10.0. The van der Waals surface area contributed by atoms with Gasteiger partial charge in [-0.05, 0) is 20.3 Å². The quantitative estimate of drug-likeness (QED) is 0.424. The Balaban J connectivity index is 3.71. The van der Waals surface area contributed by atoms with Gasteiger partial charge in [-0.25, -0.2) is 0 Å². The summed E-state index contributed by atoms with van der Waals surface area (Å²) in [5, 5.41) is 0.932. The van der Waals surface area contributed by atoms with E-state index in [0.29, 0.717) is 0 Å². The van der Waals surface area contributed by atoms with Gasteiger partial charge >= 0.3 is 0 Å². The average molecular weight is 144 g/mol. The molecule has 0 N–H and O–H groups in total. The standard InChI is InChI=1S/C7H16OSi/c1-5-7(3,4)8-6(2)9/h2,5H2,1,3-4,9H3. The third kappa shape index (κ3) is 4.27. The monoisotopic (exact) mass is 144 g/mol. The number of hydrogen-bond acceptors (Lipinski definition) is 1. The van der Waals surface area contributed by atoms with E-state index in [4.69, 9.17) is 4.74 Å². The smallest absolute Gasteiger partial charge is 0.102 e. The topological polar surface area (TPSA) is 9.23 Å². The minimum atomic E-state index is -0.00116. The first-order chi connectivity index (χ1) is 3.98. The van der Waals surface area contributed by atoms with E-state index in [9.17, 15) is 0 Å². The highest BCUT2D eigenvalue weighted by Crippen LogP contribution is 2.15. The molecule has 0 aromatic rings. The van der Waals surface area contributed by atoms with Crippen LogP contribution in [0, 0.1) is 0 Å². The van der Waals surface area contributed by atoms with Gasteiger partial charge < -0.3 is 4.74 Å². The maximum absolute atomic E-state index is 5.45. The van der Waals surface area contributed by atoms with Gasteiger partial charge in [0.05, 0.1) is 15.6 Å². The molecule has 0 aliphatic heterocycles. The molecule has 1 nitrogen and oxygen atoms in total. The van der Waals surface area contributed by atoms with E-state index in [0.717, 1.165) is 22.0 Å². The van der Waals surface area contributed by atoms with Crippen LogP contribution in [0.5, 0.6) is 0 Å². The number of rotatable bonds is 3. The number of hydrogen-bond donors (Lipinski definition) is 0. The second kappa shape index (κ2) is 3.06. The molecule has 0 bridgehead atoms. The summed E-state index contributed by atoms with van der Waals surface area (Å²) in [5.74, 6) is 0. The lowest BCUT2D eigenvalue weighted by molar-refractivity contribution is 0.0464. The van der Waals surface area contributed by atoms with Crippen LogP contribution >= 0.6 is 0 Å². The zero-order valence-corrected chi connectivity index (χ0v) is 8.82. The van der Waals surface area contributed by atoms with E-state index >= 15 is 0 Å². The lowest BCUT2D eigenvalue weighted by Gasteiger charge is -2.24. The fourth-order valence-corrected chi connectivity index (χ4v) is 1.10. The van der Waals surface area contributed by atoms with Gasteiger partial charge in [0.25, 0.3) is 0 Å². The molecule has 54 valence electrons. The van der Waals surface area contributed by atoms with Gasteiger partial charge in [0.15, 0.2) is 0 Å². The van der Waals surface area contributed by atoms with Crippen LogP contribution in [0.4, 0.5) is 0 Å². The van der Waals surface area contributed by atoms with E-state index in [-0.39, 0.29) is 5.60 Å². The Labute approximate surface area is 60.5 Å². The van der Waals surface area contributed by atoms with Crippen LogP contribution < -0.4 is 0 Å². The molecule has 0 aliphatic rings. The van der Waals surface area contributed by atoms with Crippen molar-refractivity contribution < 1.29 is 4.74 Å². The van der Waals surface area contributed by atoms with Crippen molar-refractivity contribution in [2.75, 3.05) is 0 Å². The Morgan fingerprint density at radius 1 is 1.67 bits per heavy atom. The lowest BCUT2D eigenvalue weighted by Crippen LogP contribution is -2.22. The Morgan fingerprint density at radius 2 is 2.11 bits per heavy atom. The fraction of sp³-hybridized carbons (Fsp3) is 0.714. The van der Waals surface area contributed by atoms with Crippen LogP contribution in [0.25, 0.3) is 0 Å². The van der Waals surface area contributed by atoms with Crippen LogP contribution in [-0.4, -0.2) is 15.8 Å². The first-order valence-corrected chi connectivity index (χ1v) is 4.32. The molecule has 0 heterocycles. The van der Waals surface area contributed by atoms with Gasteiger partial charge in [-0.1, -0.05) is 13.5 Å². The molecule has 0 rings (SSSR count). The van der Waals surface area contributed by atoms with E-state index in [1.807, 2.05) is 0 Å². The molecular formula is C7H16OSi. The molecule has 0 aromatic carbocycles. The maximum atomic E-state index is 5.45. The highest BCUT2D eigenvalue weighted by atomic mass is 28.1. The number of ether oxygens (including phenoxy) is 1. The van der Waals surface area contributed by atoms with E-state index in [1.165, 1.54) is 0 Å². The minimum absolute atomic E-state index is 0.00116. The van der Waals surface area contributed by atoms with Crippen LogP contribution in [0.15, 0.2) is 12.0 Å². The van der Waals surface area contributed by atoms with Crippen molar-refractivity contribution in [1.82, 2.24) is 0 Å². The third-order valence-corrected chi connectivity index (χ3v) is 1.51. The molecule has 0 saturated heterocycles. The first kappa shape index (κ1) is 8.76. The summed E-state index contributed by atoms with van der Waals surface area (Å²) in [4.78, 5) is 0. The van der Waals surface area contributed by atoms with Gasteiger partial charge in [-0.15, -0.1) is 0 Å². The van der Waals surface area contributed by atoms with Crippen LogP contribution in [-0.2, 0) is 4.74 Å². The van der Waals surface area contributed by atoms with Crippen molar-refractivity contribution in [2.45, 2.75) is 32.8 Å². The third-order valence-electron chi connectivity index (χ3n) is 1.30. The zero-order valence-electron chi connectivity index (χ0n) is 6.82. The van der Waals surface area contributed by atoms with Crippen molar-refractivity contribution in [2.24, 2.45) is 0 Å². The van der Waals surface area contributed by atoms with E-state index in [2.05, 4.69) is 27.4 Å². The van der Waals surface area contributed by atoms with Crippen molar-refractivity contribution in [3.8, 4) is 0 Å². The van der Waals surface area contributed by atoms with Gasteiger partial charge in [-0.3, -0.25) is 0 Å². The summed E-state index contributed by atoms with van der Waals surface area (Å²) >= 11 is 0.